The van der Waals surface area contributed by atoms with E-state index in [9.17, 15) is 4.79 Å². The molecule has 0 bridgehead atoms. The van der Waals surface area contributed by atoms with Crippen LogP contribution in [0.1, 0.15) is 35.7 Å². The highest BCUT2D eigenvalue weighted by atomic mass is 16.5. The number of hydrogen-bond acceptors (Lipinski definition) is 3. The van der Waals surface area contributed by atoms with Gasteiger partial charge >= 0.3 is 0 Å². The van der Waals surface area contributed by atoms with Gasteiger partial charge in [0.25, 0.3) is 5.91 Å². The second kappa shape index (κ2) is 9.72. The monoisotopic (exact) mass is 340 g/mol. The van der Waals surface area contributed by atoms with Crippen LogP contribution in [0.15, 0.2) is 48.5 Å². The molecule has 134 valence electrons. The van der Waals surface area contributed by atoms with Crippen molar-refractivity contribution in [2.24, 2.45) is 0 Å². The molecule has 0 aliphatic heterocycles. The summed E-state index contributed by atoms with van der Waals surface area (Å²) >= 11 is 0. The summed E-state index contributed by atoms with van der Waals surface area (Å²) in [6.07, 6.45) is 3.01. The number of nitrogens with zero attached hydrogens (tertiary/aromatic N) is 1. The minimum absolute atomic E-state index is 0.0372. The van der Waals surface area contributed by atoms with Crippen LogP contribution in [-0.4, -0.2) is 33.2 Å². The molecule has 0 saturated heterocycles. The molecule has 0 atom stereocenters. The van der Waals surface area contributed by atoms with E-state index in [1.54, 1.807) is 0 Å². The molecule has 2 aromatic rings. The fraction of sp³-hybridized carbons (Fsp3) is 0.381. The fourth-order valence-corrected chi connectivity index (χ4v) is 2.42. The normalized spacial score (nSPS) is 10.4. The number of anilines is 1. The zero-order valence-corrected chi connectivity index (χ0v) is 15.4. The molecule has 4 nitrogen and oxygen atoms in total. The number of hydrogen-bond donors (Lipinski definition) is 1. The molecule has 1 N–H and O–H groups in total. The molecule has 2 aromatic carbocycles. The highest BCUT2D eigenvalue weighted by Crippen LogP contribution is 2.14. The quantitative estimate of drug-likeness (QED) is 0.704. The van der Waals surface area contributed by atoms with E-state index < -0.39 is 0 Å². The van der Waals surface area contributed by atoms with Crippen LogP contribution in [0.3, 0.4) is 0 Å². The first-order valence-electron chi connectivity index (χ1n) is 8.87. The van der Waals surface area contributed by atoms with Crippen molar-refractivity contribution in [1.82, 2.24) is 5.32 Å². The van der Waals surface area contributed by atoms with Crippen LogP contribution >= 0.6 is 0 Å². The van der Waals surface area contributed by atoms with Crippen molar-refractivity contribution in [3.05, 3.63) is 59.7 Å². The summed E-state index contributed by atoms with van der Waals surface area (Å²) in [4.78, 5) is 14.2. The predicted molar refractivity (Wildman–Crippen MR) is 104 cm³/mol. The number of amides is 1. The van der Waals surface area contributed by atoms with Gasteiger partial charge < -0.3 is 15.0 Å². The largest absolute Gasteiger partial charge is 0.494 e. The molecule has 0 fully saturated rings. The number of carbonyl (C=O) groups excluding carboxylic acids is 1. The van der Waals surface area contributed by atoms with Crippen LogP contribution in [0.2, 0.25) is 0 Å². The third-order valence-electron chi connectivity index (χ3n) is 4.04. The van der Waals surface area contributed by atoms with E-state index in [1.807, 2.05) is 55.4 Å². The van der Waals surface area contributed by atoms with Gasteiger partial charge in [-0.3, -0.25) is 4.79 Å². The lowest BCUT2D eigenvalue weighted by Crippen LogP contribution is -2.25. The van der Waals surface area contributed by atoms with Gasteiger partial charge in [0, 0.05) is 31.9 Å². The highest BCUT2D eigenvalue weighted by Gasteiger charge is 2.05. The predicted octanol–water partition coefficient (Wildman–Crippen LogP) is 3.90. The first-order chi connectivity index (χ1) is 12.1. The van der Waals surface area contributed by atoms with Gasteiger partial charge in [-0.15, -0.1) is 0 Å². The van der Waals surface area contributed by atoms with Crippen LogP contribution in [0, 0.1) is 0 Å². The maximum atomic E-state index is 12.2. The third-order valence-corrected chi connectivity index (χ3v) is 4.04. The zero-order valence-electron chi connectivity index (χ0n) is 15.4. The van der Waals surface area contributed by atoms with Gasteiger partial charge in [0.1, 0.15) is 5.75 Å². The van der Waals surface area contributed by atoms with E-state index >= 15 is 0 Å². The number of carbonyl (C=O) groups is 1. The minimum Gasteiger partial charge on any atom is -0.494 e. The lowest BCUT2D eigenvalue weighted by Gasteiger charge is -2.12. The van der Waals surface area contributed by atoms with E-state index in [1.165, 1.54) is 5.56 Å². The van der Waals surface area contributed by atoms with E-state index in [2.05, 4.69) is 24.4 Å². The Hall–Kier alpha value is -2.49. The molecule has 1 amide bonds. The Morgan fingerprint density at radius 2 is 1.72 bits per heavy atom. The number of benzene rings is 2. The van der Waals surface area contributed by atoms with Crippen molar-refractivity contribution in [3.63, 3.8) is 0 Å². The Bertz CT molecular complexity index is 649. The zero-order chi connectivity index (χ0) is 18.1. The van der Waals surface area contributed by atoms with Crippen molar-refractivity contribution < 1.29 is 9.53 Å². The average Bonchev–Trinajstić information content (AvgIpc) is 2.63. The second-order valence-corrected chi connectivity index (χ2v) is 6.29. The molecule has 0 aromatic heterocycles. The standard InChI is InChI=1S/C21H28N2O2/c1-4-5-16-25-20-12-6-17(7-13-20)14-15-22-21(24)18-8-10-19(11-9-18)23(2)3/h6-13H,4-5,14-16H2,1-3H3,(H,22,24). The van der Waals surface area contributed by atoms with Gasteiger partial charge in [-0.25, -0.2) is 0 Å². The maximum absolute atomic E-state index is 12.2. The Morgan fingerprint density at radius 3 is 2.32 bits per heavy atom. The molecule has 0 aliphatic rings. The topological polar surface area (TPSA) is 41.6 Å². The van der Waals surface area contributed by atoms with Crippen molar-refractivity contribution in [1.29, 1.82) is 0 Å². The fourth-order valence-electron chi connectivity index (χ4n) is 2.42. The molecule has 0 heterocycles. The Balaban J connectivity index is 1.76. The van der Waals surface area contributed by atoms with Crippen LogP contribution < -0.4 is 15.0 Å². The van der Waals surface area contributed by atoms with Crippen molar-refractivity contribution in [2.45, 2.75) is 26.2 Å². The summed E-state index contributed by atoms with van der Waals surface area (Å²) in [5.74, 6) is 0.868. The molecule has 0 aliphatic carbocycles. The van der Waals surface area contributed by atoms with Crippen LogP contribution in [-0.2, 0) is 6.42 Å². The SMILES string of the molecule is CCCCOc1ccc(CCNC(=O)c2ccc(N(C)C)cc2)cc1. The lowest BCUT2D eigenvalue weighted by atomic mass is 10.1. The minimum atomic E-state index is -0.0372. The molecule has 0 spiro atoms. The molecular formula is C21H28N2O2. The van der Waals surface area contributed by atoms with Crippen molar-refractivity contribution in [3.8, 4) is 5.75 Å². The second-order valence-electron chi connectivity index (χ2n) is 6.29. The summed E-state index contributed by atoms with van der Waals surface area (Å²) in [5.41, 5.74) is 2.95. The van der Waals surface area contributed by atoms with Crippen LogP contribution in [0.5, 0.6) is 5.75 Å². The Morgan fingerprint density at radius 1 is 1.04 bits per heavy atom. The summed E-state index contributed by atoms with van der Waals surface area (Å²) in [7, 11) is 3.96. The maximum Gasteiger partial charge on any atom is 0.251 e. The van der Waals surface area contributed by atoms with E-state index in [0.29, 0.717) is 12.1 Å². The summed E-state index contributed by atoms with van der Waals surface area (Å²) in [5, 5.41) is 2.97. The Labute approximate surface area is 150 Å². The smallest absolute Gasteiger partial charge is 0.251 e. The van der Waals surface area contributed by atoms with E-state index in [0.717, 1.165) is 37.3 Å². The van der Waals surface area contributed by atoms with Crippen LogP contribution in [0.25, 0.3) is 0 Å². The highest BCUT2D eigenvalue weighted by molar-refractivity contribution is 5.94. The summed E-state index contributed by atoms with van der Waals surface area (Å²) < 4.78 is 5.66. The molecule has 0 saturated carbocycles. The molecule has 2 rings (SSSR count). The summed E-state index contributed by atoms with van der Waals surface area (Å²) in [6.45, 7) is 3.53. The average molecular weight is 340 g/mol. The first-order valence-corrected chi connectivity index (χ1v) is 8.87. The molecule has 25 heavy (non-hydrogen) atoms. The molecular weight excluding hydrogens is 312 g/mol. The van der Waals surface area contributed by atoms with Crippen molar-refractivity contribution in [2.75, 3.05) is 32.1 Å². The van der Waals surface area contributed by atoms with Gasteiger partial charge in [-0.2, -0.15) is 0 Å². The number of nitrogens with one attached hydrogen (secondary N) is 1. The van der Waals surface area contributed by atoms with Gasteiger partial charge in [-0.1, -0.05) is 25.5 Å². The number of ether oxygens (including phenoxy) is 1. The summed E-state index contributed by atoms with van der Waals surface area (Å²) in [6, 6.07) is 15.7. The number of rotatable bonds is 9. The number of unbranched alkanes of at least 4 members (excludes halogenated alkanes) is 1. The van der Waals surface area contributed by atoms with E-state index in [-0.39, 0.29) is 5.91 Å². The van der Waals surface area contributed by atoms with Gasteiger partial charge in [0.2, 0.25) is 0 Å². The van der Waals surface area contributed by atoms with Gasteiger partial charge in [0.05, 0.1) is 6.61 Å². The lowest BCUT2D eigenvalue weighted by molar-refractivity contribution is 0.0954. The molecule has 0 unspecified atom stereocenters. The molecule has 4 heteroatoms. The van der Waals surface area contributed by atoms with Gasteiger partial charge in [0.15, 0.2) is 0 Å². The van der Waals surface area contributed by atoms with Gasteiger partial charge in [-0.05, 0) is 54.8 Å². The third kappa shape index (κ3) is 6.14. The van der Waals surface area contributed by atoms with Crippen LogP contribution in [0.4, 0.5) is 5.69 Å². The van der Waals surface area contributed by atoms with Crippen molar-refractivity contribution >= 4 is 11.6 Å². The Kier molecular flexibility index (Phi) is 7.33. The molecule has 0 radical (unpaired) electrons. The first kappa shape index (κ1) is 18.8. The van der Waals surface area contributed by atoms with E-state index in [4.69, 9.17) is 4.74 Å².